The molecule has 0 atom stereocenters. The average molecular weight is 353 g/mol. The van der Waals surface area contributed by atoms with Gasteiger partial charge < -0.3 is 10.6 Å². The zero-order chi connectivity index (χ0) is 13.0. The van der Waals surface area contributed by atoms with Gasteiger partial charge in [-0.1, -0.05) is 6.07 Å². The summed E-state index contributed by atoms with van der Waals surface area (Å²) in [6.07, 6.45) is 1.82. The van der Waals surface area contributed by atoms with Crippen LogP contribution in [0.15, 0.2) is 42.6 Å². The van der Waals surface area contributed by atoms with Gasteiger partial charge in [-0.3, -0.25) is 4.98 Å². The van der Waals surface area contributed by atoms with Gasteiger partial charge in [0.2, 0.25) is 0 Å². The molecule has 18 heavy (non-hydrogen) atoms. The molecule has 0 saturated carbocycles. The topological polar surface area (TPSA) is 42.2 Å². The van der Waals surface area contributed by atoms with Crippen molar-refractivity contribution in [1.29, 1.82) is 0 Å². The van der Waals surface area contributed by atoms with Crippen molar-refractivity contribution >= 4 is 34.0 Å². The van der Waals surface area contributed by atoms with Crippen LogP contribution in [0.1, 0.15) is 12.6 Å². The number of nitrogens with zero attached hydrogens (tertiary/aromatic N) is 2. The van der Waals surface area contributed by atoms with E-state index in [1.165, 1.54) is 0 Å². The van der Waals surface area contributed by atoms with Gasteiger partial charge >= 0.3 is 0 Å². The number of benzene rings is 1. The molecule has 0 aliphatic heterocycles. The summed E-state index contributed by atoms with van der Waals surface area (Å²) in [5, 5.41) is 0. The van der Waals surface area contributed by atoms with Crippen LogP contribution in [0.3, 0.4) is 0 Å². The average Bonchev–Trinajstić information content (AvgIpc) is 2.38. The lowest BCUT2D eigenvalue weighted by Crippen LogP contribution is -2.23. The summed E-state index contributed by atoms with van der Waals surface area (Å²) in [4.78, 5) is 6.59. The van der Waals surface area contributed by atoms with Crippen LogP contribution >= 0.6 is 22.6 Å². The summed E-state index contributed by atoms with van der Waals surface area (Å²) >= 11 is 2.27. The largest absolute Gasteiger partial charge is 0.397 e. The summed E-state index contributed by atoms with van der Waals surface area (Å²) in [5.41, 5.74) is 9.03. The van der Waals surface area contributed by atoms with E-state index in [1.807, 2.05) is 30.5 Å². The second-order valence-corrected chi connectivity index (χ2v) is 5.28. The molecule has 1 aromatic carbocycles. The predicted molar refractivity (Wildman–Crippen MR) is 84.5 cm³/mol. The van der Waals surface area contributed by atoms with E-state index < -0.39 is 0 Å². The Bertz CT molecular complexity index is 514. The second-order valence-electron chi connectivity index (χ2n) is 4.04. The molecule has 2 aromatic rings. The molecule has 94 valence electrons. The first-order valence-electron chi connectivity index (χ1n) is 5.90. The quantitative estimate of drug-likeness (QED) is 0.678. The van der Waals surface area contributed by atoms with Gasteiger partial charge in [-0.05, 0) is 59.8 Å². The lowest BCUT2D eigenvalue weighted by Gasteiger charge is -2.24. The highest BCUT2D eigenvalue weighted by Crippen LogP contribution is 2.26. The fraction of sp³-hybridized carbons (Fsp3) is 0.214. The van der Waals surface area contributed by atoms with Gasteiger partial charge in [0.1, 0.15) is 0 Å². The highest BCUT2D eigenvalue weighted by atomic mass is 127. The third-order valence-electron chi connectivity index (χ3n) is 2.79. The Morgan fingerprint density at radius 2 is 2.11 bits per heavy atom. The Kier molecular flexibility index (Phi) is 4.41. The Morgan fingerprint density at radius 1 is 1.28 bits per heavy atom. The molecule has 1 aromatic heterocycles. The zero-order valence-corrected chi connectivity index (χ0v) is 12.5. The van der Waals surface area contributed by atoms with Crippen LogP contribution in [0.5, 0.6) is 0 Å². The van der Waals surface area contributed by atoms with Crippen LogP contribution in [-0.2, 0) is 6.54 Å². The normalized spacial score (nSPS) is 10.3. The predicted octanol–water partition coefficient (Wildman–Crippen LogP) is 3.29. The van der Waals surface area contributed by atoms with E-state index in [2.05, 4.69) is 51.5 Å². The van der Waals surface area contributed by atoms with Crippen molar-refractivity contribution in [3.63, 3.8) is 0 Å². The third kappa shape index (κ3) is 3.13. The number of pyridine rings is 1. The molecule has 0 spiro atoms. The van der Waals surface area contributed by atoms with E-state index in [0.29, 0.717) is 0 Å². The molecule has 0 saturated heterocycles. The fourth-order valence-corrected chi connectivity index (χ4v) is 2.38. The van der Waals surface area contributed by atoms with Crippen LogP contribution in [0.25, 0.3) is 0 Å². The zero-order valence-electron chi connectivity index (χ0n) is 10.3. The molecule has 1 heterocycles. The lowest BCUT2D eigenvalue weighted by atomic mass is 10.2. The smallest absolute Gasteiger partial charge is 0.0604 e. The van der Waals surface area contributed by atoms with Crippen molar-refractivity contribution in [3.05, 3.63) is 51.9 Å². The molecular formula is C14H16IN3. The molecule has 0 fully saturated rings. The Morgan fingerprint density at radius 3 is 2.72 bits per heavy atom. The number of hydrogen-bond acceptors (Lipinski definition) is 3. The first-order chi connectivity index (χ1) is 8.70. The highest BCUT2D eigenvalue weighted by Gasteiger charge is 2.09. The maximum atomic E-state index is 6.08. The number of hydrogen-bond donors (Lipinski definition) is 1. The number of anilines is 2. The fourth-order valence-electron chi connectivity index (χ4n) is 1.87. The molecule has 4 heteroatoms. The Balaban J connectivity index is 2.23. The minimum absolute atomic E-state index is 0.780. The molecule has 0 radical (unpaired) electrons. The summed E-state index contributed by atoms with van der Waals surface area (Å²) in [7, 11) is 0. The summed E-state index contributed by atoms with van der Waals surface area (Å²) in [5.74, 6) is 0. The lowest BCUT2D eigenvalue weighted by molar-refractivity contribution is 0.811. The summed E-state index contributed by atoms with van der Waals surface area (Å²) in [6.45, 7) is 3.81. The SMILES string of the molecule is CCN(Cc1ccccn1)c1ccc(I)cc1N. The number of halogens is 1. The van der Waals surface area contributed by atoms with E-state index in [-0.39, 0.29) is 0 Å². The van der Waals surface area contributed by atoms with Gasteiger partial charge in [0.05, 0.1) is 23.6 Å². The van der Waals surface area contributed by atoms with Crippen molar-refractivity contribution < 1.29 is 0 Å². The molecular weight excluding hydrogens is 337 g/mol. The number of rotatable bonds is 4. The summed E-state index contributed by atoms with van der Waals surface area (Å²) in [6, 6.07) is 12.1. The molecule has 0 aliphatic carbocycles. The summed E-state index contributed by atoms with van der Waals surface area (Å²) < 4.78 is 1.16. The Hall–Kier alpha value is -1.30. The van der Waals surface area contributed by atoms with Crippen LogP contribution in [0.4, 0.5) is 11.4 Å². The van der Waals surface area contributed by atoms with E-state index >= 15 is 0 Å². The molecule has 2 rings (SSSR count). The van der Waals surface area contributed by atoms with Gasteiger partial charge in [0.25, 0.3) is 0 Å². The van der Waals surface area contributed by atoms with Gasteiger partial charge in [-0.25, -0.2) is 0 Å². The Labute approximate surface area is 121 Å². The maximum absolute atomic E-state index is 6.08. The van der Waals surface area contributed by atoms with Crippen molar-refractivity contribution in [2.75, 3.05) is 17.2 Å². The second kappa shape index (κ2) is 6.04. The van der Waals surface area contributed by atoms with Crippen LogP contribution in [-0.4, -0.2) is 11.5 Å². The standard InChI is InChI=1S/C14H16IN3/c1-2-18(10-12-5-3-4-8-17-12)14-7-6-11(15)9-13(14)16/h3-9H,2,10,16H2,1H3. The number of nitrogen functional groups attached to an aromatic ring is 1. The number of aromatic nitrogens is 1. The molecule has 2 N–H and O–H groups in total. The van der Waals surface area contributed by atoms with Crippen molar-refractivity contribution in [3.8, 4) is 0 Å². The van der Waals surface area contributed by atoms with Crippen LogP contribution in [0, 0.1) is 3.57 Å². The van der Waals surface area contributed by atoms with E-state index in [0.717, 1.165) is 33.7 Å². The van der Waals surface area contributed by atoms with Crippen molar-refractivity contribution in [2.24, 2.45) is 0 Å². The molecule has 0 aliphatic rings. The number of nitrogens with two attached hydrogens (primary N) is 1. The monoisotopic (exact) mass is 353 g/mol. The van der Waals surface area contributed by atoms with Crippen molar-refractivity contribution in [1.82, 2.24) is 4.98 Å². The van der Waals surface area contributed by atoms with E-state index in [9.17, 15) is 0 Å². The van der Waals surface area contributed by atoms with Gasteiger partial charge in [-0.2, -0.15) is 0 Å². The van der Waals surface area contributed by atoms with Crippen molar-refractivity contribution in [2.45, 2.75) is 13.5 Å². The first kappa shape index (κ1) is 13.1. The molecule has 0 bridgehead atoms. The maximum Gasteiger partial charge on any atom is 0.0604 e. The van der Waals surface area contributed by atoms with Gasteiger partial charge in [0.15, 0.2) is 0 Å². The van der Waals surface area contributed by atoms with E-state index in [4.69, 9.17) is 5.73 Å². The van der Waals surface area contributed by atoms with Gasteiger partial charge in [0, 0.05) is 16.3 Å². The highest BCUT2D eigenvalue weighted by molar-refractivity contribution is 14.1. The minimum atomic E-state index is 0.780. The third-order valence-corrected chi connectivity index (χ3v) is 3.46. The molecule has 0 unspecified atom stereocenters. The molecule has 3 nitrogen and oxygen atoms in total. The first-order valence-corrected chi connectivity index (χ1v) is 6.98. The van der Waals surface area contributed by atoms with Crippen LogP contribution in [0.2, 0.25) is 0 Å². The molecule has 0 amide bonds. The van der Waals surface area contributed by atoms with E-state index in [1.54, 1.807) is 0 Å². The van der Waals surface area contributed by atoms with Gasteiger partial charge in [-0.15, -0.1) is 0 Å². The van der Waals surface area contributed by atoms with Crippen LogP contribution < -0.4 is 10.6 Å². The minimum Gasteiger partial charge on any atom is -0.397 e.